The van der Waals surface area contributed by atoms with Crippen LogP contribution in [0.4, 0.5) is 0 Å². The Labute approximate surface area is 104 Å². The van der Waals surface area contributed by atoms with Crippen LogP contribution in [0.25, 0.3) is 0 Å². The minimum absolute atomic E-state index is 0.844. The van der Waals surface area contributed by atoms with E-state index < -0.39 is 0 Å². The van der Waals surface area contributed by atoms with Crippen LogP contribution < -0.4 is 4.74 Å². The maximum atomic E-state index is 5.75. The summed E-state index contributed by atoms with van der Waals surface area (Å²) in [4.78, 5) is 0. The molecular weight excluding hydrogens is 320 g/mol. The Morgan fingerprint density at radius 3 is 2.27 bits per heavy atom. The molecule has 0 saturated carbocycles. The molecule has 2 aliphatic rings. The first-order valence-electron chi connectivity index (χ1n) is 4.51. The zero-order valence-electron chi connectivity index (χ0n) is 7.63. The number of benzene rings is 2. The topological polar surface area (TPSA) is 9.23 Å². The van der Waals surface area contributed by atoms with Gasteiger partial charge in [-0.1, -0.05) is 28.1 Å². The lowest BCUT2D eigenvalue weighted by molar-refractivity contribution is 0.470. The summed E-state index contributed by atoms with van der Waals surface area (Å²) < 4.78 is 7.74. The summed E-state index contributed by atoms with van der Waals surface area (Å²) in [5.41, 5.74) is 0. The summed E-state index contributed by atoms with van der Waals surface area (Å²) in [5.74, 6) is 1.80. The van der Waals surface area contributed by atoms with E-state index in [1.807, 2.05) is 24.3 Å². The van der Waals surface area contributed by atoms with Crippen LogP contribution in [0.5, 0.6) is 11.5 Å². The Balaban J connectivity index is 1.93. The summed E-state index contributed by atoms with van der Waals surface area (Å²) in [6.07, 6.45) is 0. The molecule has 0 bridgehead atoms. The van der Waals surface area contributed by atoms with Crippen LogP contribution in [-0.4, -0.2) is 0 Å². The van der Waals surface area contributed by atoms with E-state index in [9.17, 15) is 0 Å². The van der Waals surface area contributed by atoms with Crippen molar-refractivity contribution in [2.75, 3.05) is 0 Å². The maximum absolute atomic E-state index is 5.75. The van der Waals surface area contributed by atoms with E-state index >= 15 is 0 Å². The van der Waals surface area contributed by atoms with E-state index in [1.165, 1.54) is 10.4 Å². The van der Waals surface area contributed by atoms with Crippen LogP contribution in [0.15, 0.2) is 45.3 Å². The molecular formula is C12H6Br2O. The zero-order chi connectivity index (χ0) is 10.4. The highest BCUT2D eigenvalue weighted by atomic mass is 79.9. The third-order valence-corrected chi connectivity index (χ3v) is 3.52. The van der Waals surface area contributed by atoms with Gasteiger partial charge in [-0.2, -0.15) is 0 Å². The van der Waals surface area contributed by atoms with Gasteiger partial charge in [0.2, 0.25) is 0 Å². The minimum atomic E-state index is 0.844. The molecule has 1 nitrogen and oxygen atoms in total. The molecule has 0 saturated heterocycles. The molecule has 3 rings (SSSR count). The molecule has 0 radical (unpaired) electrons. The fourth-order valence-electron chi connectivity index (χ4n) is 1.52. The number of halogens is 2. The highest BCUT2D eigenvalue weighted by Crippen LogP contribution is 2.34. The van der Waals surface area contributed by atoms with Crippen LogP contribution in [0.1, 0.15) is 0 Å². The van der Waals surface area contributed by atoms with Gasteiger partial charge in [-0.15, -0.1) is 0 Å². The highest BCUT2D eigenvalue weighted by Gasteiger charge is 2.09. The second kappa shape index (κ2) is 3.35. The van der Waals surface area contributed by atoms with Gasteiger partial charge < -0.3 is 4.74 Å². The van der Waals surface area contributed by atoms with E-state index in [4.69, 9.17) is 4.74 Å². The second-order valence-corrected chi connectivity index (χ2v) is 5.16. The third-order valence-electron chi connectivity index (χ3n) is 2.41. The lowest BCUT2D eigenvalue weighted by Crippen LogP contribution is -1.94. The number of hydrogen-bond donors (Lipinski definition) is 0. The summed E-state index contributed by atoms with van der Waals surface area (Å²) in [5, 5.41) is 2.52. The number of hydrogen-bond acceptors (Lipinski definition) is 1. The van der Waals surface area contributed by atoms with E-state index in [2.05, 4.69) is 44.0 Å². The summed E-state index contributed by atoms with van der Waals surface area (Å²) in [6.45, 7) is 0. The first-order valence-corrected chi connectivity index (χ1v) is 6.10. The molecule has 1 aromatic rings. The Kier molecular flexibility index (Phi) is 2.11. The zero-order valence-corrected chi connectivity index (χ0v) is 10.8. The average Bonchev–Trinajstić information content (AvgIpc) is 2.17. The first kappa shape index (κ1) is 9.43. The van der Waals surface area contributed by atoms with Crippen molar-refractivity contribution in [1.29, 1.82) is 0 Å². The molecule has 74 valence electrons. The average molecular weight is 326 g/mol. The van der Waals surface area contributed by atoms with Gasteiger partial charge in [-0.05, 0) is 45.4 Å². The summed E-state index contributed by atoms with van der Waals surface area (Å²) >= 11 is 6.87. The quantitative estimate of drug-likeness (QED) is 0.669. The van der Waals surface area contributed by atoms with Crippen LogP contribution in [0, 0.1) is 10.4 Å². The van der Waals surface area contributed by atoms with Crippen LogP contribution in [0.2, 0.25) is 0 Å². The minimum Gasteiger partial charge on any atom is -0.456 e. The Morgan fingerprint density at radius 1 is 0.867 bits per heavy atom. The smallest absolute Gasteiger partial charge is 0.141 e. The molecule has 2 aliphatic carbocycles. The van der Waals surface area contributed by atoms with Crippen LogP contribution >= 0.6 is 31.9 Å². The fraction of sp³-hybridized carbons (Fsp3) is 0. The van der Waals surface area contributed by atoms with Crippen molar-refractivity contribution in [3.63, 3.8) is 0 Å². The van der Waals surface area contributed by atoms with Gasteiger partial charge >= 0.3 is 0 Å². The SMILES string of the molecule is Brc1ccc(Oc2cc3ccc2=3)c(Br)c1. The van der Waals surface area contributed by atoms with Crippen molar-refractivity contribution < 1.29 is 4.74 Å². The van der Waals surface area contributed by atoms with Crippen LogP contribution in [0.3, 0.4) is 0 Å². The molecule has 0 unspecified atom stereocenters. The molecule has 0 N–H and O–H groups in total. The molecule has 0 atom stereocenters. The van der Waals surface area contributed by atoms with Crippen molar-refractivity contribution in [3.8, 4) is 11.5 Å². The van der Waals surface area contributed by atoms with Crippen molar-refractivity contribution in [1.82, 2.24) is 0 Å². The second-order valence-electron chi connectivity index (χ2n) is 3.39. The molecule has 0 heterocycles. The molecule has 3 heteroatoms. The van der Waals surface area contributed by atoms with Crippen LogP contribution in [-0.2, 0) is 0 Å². The van der Waals surface area contributed by atoms with E-state index in [0.29, 0.717) is 0 Å². The predicted molar refractivity (Wildman–Crippen MR) is 66.0 cm³/mol. The highest BCUT2D eigenvalue weighted by molar-refractivity contribution is 9.11. The van der Waals surface area contributed by atoms with Gasteiger partial charge in [-0.25, -0.2) is 0 Å². The Hall–Kier alpha value is -0.800. The predicted octanol–water partition coefficient (Wildman–Crippen LogP) is 4.60. The van der Waals surface area contributed by atoms with E-state index in [0.717, 1.165) is 20.4 Å². The van der Waals surface area contributed by atoms with Gasteiger partial charge in [0.25, 0.3) is 0 Å². The van der Waals surface area contributed by atoms with Gasteiger partial charge in [0.1, 0.15) is 11.5 Å². The molecule has 0 aliphatic heterocycles. The first-order chi connectivity index (χ1) is 7.24. The normalized spacial score (nSPS) is 11.3. The van der Waals surface area contributed by atoms with Crippen molar-refractivity contribution in [2.45, 2.75) is 0 Å². The molecule has 15 heavy (non-hydrogen) atoms. The Morgan fingerprint density at radius 2 is 1.73 bits per heavy atom. The van der Waals surface area contributed by atoms with Crippen molar-refractivity contribution >= 4 is 31.9 Å². The maximum Gasteiger partial charge on any atom is 0.141 e. The lowest BCUT2D eigenvalue weighted by atomic mass is 10.1. The van der Waals surface area contributed by atoms with Gasteiger partial charge in [0.15, 0.2) is 0 Å². The van der Waals surface area contributed by atoms with E-state index in [1.54, 1.807) is 0 Å². The van der Waals surface area contributed by atoms with Crippen molar-refractivity contribution in [2.24, 2.45) is 0 Å². The monoisotopic (exact) mass is 324 g/mol. The third kappa shape index (κ3) is 1.50. The summed E-state index contributed by atoms with van der Waals surface area (Å²) in [6, 6.07) is 12.1. The molecule has 0 spiro atoms. The van der Waals surface area contributed by atoms with E-state index in [-0.39, 0.29) is 0 Å². The lowest BCUT2D eigenvalue weighted by Gasteiger charge is -2.13. The Bertz CT molecular complexity index is 635. The van der Waals surface area contributed by atoms with Gasteiger partial charge in [0, 0.05) is 9.69 Å². The molecule has 0 aromatic heterocycles. The number of ether oxygens (including phenoxy) is 1. The number of rotatable bonds is 2. The molecule has 0 amide bonds. The fourth-order valence-corrected chi connectivity index (χ4v) is 2.64. The standard InChI is InChI=1S/C12H6Br2O/c13-8-2-4-11(10(14)6-8)15-12-5-7-1-3-9(7)12/h1-6H. The molecule has 0 fully saturated rings. The van der Waals surface area contributed by atoms with Crippen molar-refractivity contribution in [3.05, 3.63) is 55.8 Å². The van der Waals surface area contributed by atoms with Gasteiger partial charge in [-0.3, -0.25) is 0 Å². The molecule has 1 aromatic carbocycles. The summed E-state index contributed by atoms with van der Waals surface area (Å²) in [7, 11) is 0. The van der Waals surface area contributed by atoms with Gasteiger partial charge in [0.05, 0.1) is 4.47 Å². The largest absolute Gasteiger partial charge is 0.456 e.